The minimum atomic E-state index is -0.274. The maximum absolute atomic E-state index is 12.9. The van der Waals surface area contributed by atoms with Crippen molar-refractivity contribution in [2.45, 2.75) is 13.8 Å². The number of hydrogen-bond acceptors (Lipinski definition) is 5. The number of aryl methyl sites for hydroxylation is 1. The molecule has 0 saturated carbocycles. The Kier molecular flexibility index (Phi) is 11.1. The molecule has 2 amide bonds. The predicted molar refractivity (Wildman–Crippen MR) is 139 cm³/mol. The first-order valence-corrected chi connectivity index (χ1v) is 11.2. The summed E-state index contributed by atoms with van der Waals surface area (Å²) in [4.78, 5) is 34.4. The molecule has 0 atom stereocenters. The molecule has 0 fully saturated rings. The van der Waals surface area contributed by atoms with Crippen LogP contribution in [0.4, 0.5) is 5.69 Å². The minimum Gasteiger partial charge on any atom is -0.365 e. The number of halogens is 2. The number of benzene rings is 3. The first kappa shape index (κ1) is 27.7. The van der Waals surface area contributed by atoms with Gasteiger partial charge in [-0.15, -0.1) is 0 Å². The molecule has 0 aliphatic rings. The summed E-state index contributed by atoms with van der Waals surface area (Å²) in [7, 11) is 1.51. The highest BCUT2D eigenvalue weighted by molar-refractivity contribution is 6.35. The van der Waals surface area contributed by atoms with Crippen molar-refractivity contribution in [3.8, 4) is 0 Å². The molecule has 9 heteroatoms. The lowest BCUT2D eigenvalue weighted by Gasteiger charge is -2.18. The summed E-state index contributed by atoms with van der Waals surface area (Å²) >= 11 is 12.3. The highest BCUT2D eigenvalue weighted by Crippen LogP contribution is 2.30. The Balaban J connectivity index is 0.000000641. The summed E-state index contributed by atoms with van der Waals surface area (Å²) in [6.45, 7) is 3.49. The number of ketones is 1. The SMILES string of the molecule is CC(=O)N(/N=C/c1ccccc1)c1cc(C)c(C(=O)c2ccc(Cl)cc2)c(Cl)c1.COCNC=O. The second-order valence-corrected chi connectivity index (χ2v) is 8.04. The van der Waals surface area contributed by atoms with Gasteiger partial charge in [-0.3, -0.25) is 14.4 Å². The summed E-state index contributed by atoms with van der Waals surface area (Å²) in [6.07, 6.45) is 2.18. The van der Waals surface area contributed by atoms with E-state index in [1.165, 1.54) is 19.0 Å². The van der Waals surface area contributed by atoms with Crippen LogP contribution in [0.15, 0.2) is 71.8 Å². The standard InChI is InChI=1S/C23H18Cl2N2O2.C3H7NO2/c1-15-12-20(27(16(2)28)26-14-17-6-4-3-5-7-17)13-21(25)22(15)23(29)18-8-10-19(24)11-9-18;1-6-3-4-2-5/h3-14H,1-2H3;2H,3H2,1H3,(H,4,5)/b26-14+;. The van der Waals surface area contributed by atoms with Gasteiger partial charge in [-0.05, 0) is 54.4 Å². The molecular weight excluding hydrogens is 489 g/mol. The zero-order chi connectivity index (χ0) is 25.8. The van der Waals surface area contributed by atoms with Crippen molar-refractivity contribution < 1.29 is 19.1 Å². The number of nitrogens with one attached hydrogen (secondary N) is 1. The molecule has 0 aliphatic heterocycles. The van der Waals surface area contributed by atoms with Crippen molar-refractivity contribution in [3.63, 3.8) is 0 Å². The molecule has 0 bridgehead atoms. The first-order valence-electron chi connectivity index (χ1n) is 10.4. The minimum absolute atomic E-state index is 0.210. The van der Waals surface area contributed by atoms with Gasteiger partial charge in [0.05, 0.1) is 16.9 Å². The van der Waals surface area contributed by atoms with Crippen LogP contribution in [0.1, 0.15) is 34.0 Å². The number of carbonyl (C=O) groups is 3. The van der Waals surface area contributed by atoms with Crippen molar-refractivity contribution in [1.82, 2.24) is 5.32 Å². The average molecular weight is 514 g/mol. The van der Waals surface area contributed by atoms with E-state index in [9.17, 15) is 14.4 Å². The van der Waals surface area contributed by atoms with Crippen LogP contribution in [-0.2, 0) is 14.3 Å². The van der Waals surface area contributed by atoms with Gasteiger partial charge in [-0.1, -0.05) is 53.5 Å². The normalized spacial score (nSPS) is 10.3. The smallest absolute Gasteiger partial charge is 0.244 e. The number of rotatable bonds is 8. The third-order valence-corrected chi connectivity index (χ3v) is 5.13. The lowest BCUT2D eigenvalue weighted by Crippen LogP contribution is -2.23. The zero-order valence-corrected chi connectivity index (χ0v) is 21.0. The third-order valence-electron chi connectivity index (χ3n) is 4.58. The van der Waals surface area contributed by atoms with Gasteiger partial charge in [-0.25, -0.2) is 5.01 Å². The molecular formula is C26H25Cl2N3O4. The highest BCUT2D eigenvalue weighted by atomic mass is 35.5. The quantitative estimate of drug-likeness (QED) is 0.111. The molecule has 3 aromatic carbocycles. The Bertz CT molecular complexity index is 1160. The van der Waals surface area contributed by atoms with E-state index in [2.05, 4.69) is 15.2 Å². The van der Waals surface area contributed by atoms with E-state index in [1.54, 1.807) is 49.5 Å². The molecule has 0 spiro atoms. The summed E-state index contributed by atoms with van der Waals surface area (Å²) in [5.74, 6) is -0.484. The number of hydrogen-bond donors (Lipinski definition) is 1. The number of anilines is 1. The number of nitrogens with zero attached hydrogens (tertiary/aromatic N) is 2. The molecule has 0 unspecified atom stereocenters. The van der Waals surface area contributed by atoms with Crippen molar-refractivity contribution in [3.05, 3.63) is 99.0 Å². The molecule has 0 radical (unpaired) electrons. The van der Waals surface area contributed by atoms with Crippen LogP contribution in [0, 0.1) is 6.92 Å². The van der Waals surface area contributed by atoms with Gasteiger partial charge in [0.2, 0.25) is 12.3 Å². The number of amides is 2. The van der Waals surface area contributed by atoms with Crippen LogP contribution >= 0.6 is 23.2 Å². The number of ether oxygens (including phenoxy) is 1. The summed E-state index contributed by atoms with van der Waals surface area (Å²) in [5, 5.41) is 8.64. The van der Waals surface area contributed by atoms with E-state index in [0.29, 0.717) is 40.5 Å². The predicted octanol–water partition coefficient (Wildman–Crippen LogP) is 5.26. The van der Waals surface area contributed by atoms with Crippen LogP contribution in [0.5, 0.6) is 0 Å². The third kappa shape index (κ3) is 8.33. The van der Waals surface area contributed by atoms with Crippen LogP contribution in [-0.4, -0.2) is 38.2 Å². The molecule has 0 heterocycles. The molecule has 1 N–H and O–H groups in total. The summed E-state index contributed by atoms with van der Waals surface area (Å²) in [6, 6.07) is 19.3. The van der Waals surface area contributed by atoms with Gasteiger partial charge in [-0.2, -0.15) is 5.10 Å². The molecule has 182 valence electrons. The lowest BCUT2D eigenvalue weighted by molar-refractivity contribution is -0.116. The molecule has 0 saturated heterocycles. The van der Waals surface area contributed by atoms with Crippen molar-refractivity contribution in [2.75, 3.05) is 18.8 Å². The fourth-order valence-corrected chi connectivity index (χ4v) is 3.46. The van der Waals surface area contributed by atoms with Gasteiger partial charge in [0.25, 0.3) is 0 Å². The number of hydrazone groups is 1. The topological polar surface area (TPSA) is 88.1 Å². The van der Waals surface area contributed by atoms with E-state index >= 15 is 0 Å². The molecule has 0 aromatic heterocycles. The van der Waals surface area contributed by atoms with E-state index in [1.807, 2.05) is 30.3 Å². The molecule has 3 aromatic rings. The Hall–Kier alpha value is -3.52. The van der Waals surface area contributed by atoms with Gasteiger partial charge in [0.1, 0.15) is 6.73 Å². The molecule has 3 rings (SSSR count). The Labute approximate surface area is 214 Å². The largest absolute Gasteiger partial charge is 0.365 e. The van der Waals surface area contributed by atoms with Gasteiger partial charge >= 0.3 is 0 Å². The highest BCUT2D eigenvalue weighted by Gasteiger charge is 2.19. The van der Waals surface area contributed by atoms with Crippen LogP contribution in [0.2, 0.25) is 10.0 Å². The second kappa shape index (κ2) is 14.0. The lowest BCUT2D eigenvalue weighted by atomic mass is 9.98. The second-order valence-electron chi connectivity index (χ2n) is 7.20. The van der Waals surface area contributed by atoms with Crippen molar-refractivity contribution in [2.24, 2.45) is 5.10 Å². The van der Waals surface area contributed by atoms with Crippen LogP contribution in [0.3, 0.4) is 0 Å². The van der Waals surface area contributed by atoms with E-state index in [4.69, 9.17) is 23.2 Å². The van der Waals surface area contributed by atoms with E-state index in [0.717, 1.165) is 5.56 Å². The Morgan fingerprint density at radius 1 is 1.06 bits per heavy atom. The maximum Gasteiger partial charge on any atom is 0.244 e. The van der Waals surface area contributed by atoms with E-state index < -0.39 is 0 Å². The molecule has 7 nitrogen and oxygen atoms in total. The number of carbonyl (C=O) groups excluding carboxylic acids is 3. The molecule has 0 aliphatic carbocycles. The average Bonchev–Trinajstić information content (AvgIpc) is 2.83. The first-order chi connectivity index (χ1) is 16.8. The zero-order valence-electron chi connectivity index (χ0n) is 19.5. The van der Waals surface area contributed by atoms with Gasteiger partial charge in [0.15, 0.2) is 5.78 Å². The van der Waals surface area contributed by atoms with Crippen LogP contribution < -0.4 is 10.3 Å². The van der Waals surface area contributed by atoms with Crippen LogP contribution in [0.25, 0.3) is 0 Å². The fourth-order valence-electron chi connectivity index (χ4n) is 2.99. The monoisotopic (exact) mass is 513 g/mol. The fraction of sp³-hybridized carbons (Fsp3) is 0.154. The van der Waals surface area contributed by atoms with Crippen molar-refractivity contribution >= 4 is 53.2 Å². The number of methoxy groups -OCH3 is 1. The van der Waals surface area contributed by atoms with Crippen molar-refractivity contribution in [1.29, 1.82) is 0 Å². The van der Waals surface area contributed by atoms with Gasteiger partial charge in [0, 0.05) is 30.2 Å². The maximum atomic E-state index is 12.9. The summed E-state index contributed by atoms with van der Waals surface area (Å²) in [5.41, 5.74) is 2.86. The Morgan fingerprint density at radius 3 is 2.23 bits per heavy atom. The summed E-state index contributed by atoms with van der Waals surface area (Å²) < 4.78 is 4.44. The van der Waals surface area contributed by atoms with E-state index in [-0.39, 0.29) is 16.7 Å². The molecule has 35 heavy (non-hydrogen) atoms. The van der Waals surface area contributed by atoms with Gasteiger partial charge < -0.3 is 10.1 Å². The Morgan fingerprint density at radius 2 is 1.71 bits per heavy atom.